The Labute approximate surface area is 229 Å². The number of aryl methyl sites for hydroxylation is 2. The largest absolute Gasteiger partial charge is 0.454 e. The molecule has 5 rings (SSSR count). The molecule has 1 atom stereocenters. The summed E-state index contributed by atoms with van der Waals surface area (Å²) in [5.41, 5.74) is -1.82. The molecular formula is C25H21F3N8O5. The minimum atomic E-state index is -4.68. The van der Waals surface area contributed by atoms with Crippen LogP contribution < -0.4 is 20.9 Å². The van der Waals surface area contributed by atoms with Crippen molar-refractivity contribution in [1.82, 2.24) is 24.1 Å². The van der Waals surface area contributed by atoms with Crippen molar-refractivity contribution in [2.24, 2.45) is 14.1 Å². The predicted octanol–water partition coefficient (Wildman–Crippen LogP) is 3.83. The number of nitrogens with zero attached hydrogens (tertiary/aromatic N) is 6. The van der Waals surface area contributed by atoms with Gasteiger partial charge in [-0.15, -0.1) is 0 Å². The molecule has 1 amide bonds. The van der Waals surface area contributed by atoms with E-state index >= 15 is 0 Å². The van der Waals surface area contributed by atoms with Gasteiger partial charge >= 0.3 is 12.3 Å². The first-order chi connectivity index (χ1) is 19.5. The molecule has 0 spiro atoms. The van der Waals surface area contributed by atoms with Crippen LogP contribution in [0.5, 0.6) is 11.5 Å². The Kier molecular flexibility index (Phi) is 7.20. The molecule has 0 saturated carbocycles. The van der Waals surface area contributed by atoms with Crippen molar-refractivity contribution >= 4 is 34.7 Å². The Morgan fingerprint density at radius 2 is 2.07 bits per heavy atom. The van der Waals surface area contributed by atoms with Crippen LogP contribution in [0.1, 0.15) is 17.5 Å². The van der Waals surface area contributed by atoms with E-state index in [2.05, 4.69) is 25.6 Å². The summed E-state index contributed by atoms with van der Waals surface area (Å²) < 4.78 is 58.4. The van der Waals surface area contributed by atoms with Crippen LogP contribution >= 0.6 is 0 Å². The number of anilines is 3. The van der Waals surface area contributed by atoms with Crippen LogP contribution in [0.15, 0.2) is 41.6 Å². The van der Waals surface area contributed by atoms with E-state index in [0.717, 1.165) is 4.57 Å². The van der Waals surface area contributed by atoms with E-state index in [9.17, 15) is 28.0 Å². The fraction of sp³-hybridized carbons (Fsp3) is 0.280. The van der Waals surface area contributed by atoms with E-state index in [1.54, 1.807) is 0 Å². The van der Waals surface area contributed by atoms with Gasteiger partial charge in [0.25, 0.3) is 5.56 Å². The Morgan fingerprint density at radius 3 is 2.78 bits per heavy atom. The van der Waals surface area contributed by atoms with Crippen molar-refractivity contribution in [1.29, 1.82) is 5.26 Å². The van der Waals surface area contributed by atoms with Gasteiger partial charge in [0, 0.05) is 39.0 Å². The predicted molar refractivity (Wildman–Crippen MR) is 137 cm³/mol. The smallest absolute Gasteiger partial charge is 0.417 e. The minimum absolute atomic E-state index is 0.0157. The minimum Gasteiger partial charge on any atom is -0.454 e. The number of alkyl halides is 3. The molecule has 13 nitrogen and oxygen atoms in total. The molecule has 0 aliphatic carbocycles. The second-order valence-corrected chi connectivity index (χ2v) is 8.95. The van der Waals surface area contributed by atoms with E-state index < -0.39 is 23.4 Å². The Morgan fingerprint density at radius 1 is 1.27 bits per heavy atom. The zero-order valence-electron chi connectivity index (χ0n) is 21.5. The van der Waals surface area contributed by atoms with Gasteiger partial charge in [-0.25, -0.2) is 14.8 Å². The summed E-state index contributed by atoms with van der Waals surface area (Å²) in [4.78, 5) is 37.2. The molecule has 212 valence electrons. The van der Waals surface area contributed by atoms with Crippen molar-refractivity contribution in [3.63, 3.8) is 0 Å². The number of ether oxygens (including phenoxy) is 3. The Hall–Kier alpha value is -5.17. The number of nitriles is 1. The highest BCUT2D eigenvalue weighted by Crippen LogP contribution is 2.33. The number of hydrogen-bond donors (Lipinski definition) is 2. The maximum absolute atomic E-state index is 13.3. The van der Waals surface area contributed by atoms with Crippen LogP contribution in [-0.2, 0) is 29.7 Å². The molecule has 1 unspecified atom stereocenters. The number of amides is 1. The second kappa shape index (κ2) is 10.8. The van der Waals surface area contributed by atoms with Crippen LogP contribution in [0.2, 0.25) is 0 Å². The van der Waals surface area contributed by atoms with Crippen LogP contribution in [-0.4, -0.2) is 49.5 Å². The van der Waals surface area contributed by atoms with Crippen LogP contribution in [0.3, 0.4) is 0 Å². The van der Waals surface area contributed by atoms with Crippen LogP contribution in [0.25, 0.3) is 11.2 Å². The molecule has 0 aromatic carbocycles. The van der Waals surface area contributed by atoms with Gasteiger partial charge in [-0.2, -0.15) is 23.4 Å². The van der Waals surface area contributed by atoms with Crippen molar-refractivity contribution < 1.29 is 32.2 Å². The van der Waals surface area contributed by atoms with Gasteiger partial charge in [-0.05, 0) is 12.1 Å². The standard InChI is InChI=1S/C25H21F3N8O5/c1-35-11-13(25(26,27)28)7-17(22(35)37)32-23-34-21-20(36(23)2)16(9-29)18(10-31-21)40-14-3-5-30-19(8-14)33-24(38)41-15-4-6-39-12-15/h3,5,7-8,10-11,15H,4,6,12H2,1-2H3,(H,30,33,38)(H,31,32,34). The summed E-state index contributed by atoms with van der Waals surface area (Å²) in [6, 6.07) is 5.62. The summed E-state index contributed by atoms with van der Waals surface area (Å²) in [6.07, 6.45) is -1.82. The number of rotatable bonds is 6. The number of imidazole rings is 1. The Bertz CT molecular complexity index is 1740. The zero-order valence-corrected chi connectivity index (χ0v) is 21.5. The highest BCUT2D eigenvalue weighted by Gasteiger charge is 2.32. The van der Waals surface area contributed by atoms with E-state index in [1.807, 2.05) is 6.07 Å². The topological polar surface area (TPSA) is 158 Å². The number of fused-ring (bicyclic) bond motifs is 1. The van der Waals surface area contributed by atoms with Crippen molar-refractivity contribution in [2.45, 2.75) is 18.7 Å². The van der Waals surface area contributed by atoms with Gasteiger partial charge < -0.3 is 28.7 Å². The molecule has 16 heteroatoms. The first-order valence-electron chi connectivity index (χ1n) is 12.0. The molecule has 4 aromatic rings. The molecule has 0 radical (unpaired) electrons. The molecule has 1 fully saturated rings. The number of carbonyl (C=O) groups excluding carboxylic acids is 1. The molecule has 1 aliphatic rings. The number of pyridine rings is 3. The monoisotopic (exact) mass is 570 g/mol. The van der Waals surface area contributed by atoms with Gasteiger partial charge in [-0.1, -0.05) is 0 Å². The molecule has 2 N–H and O–H groups in total. The van der Waals surface area contributed by atoms with Gasteiger partial charge in [-0.3, -0.25) is 10.1 Å². The highest BCUT2D eigenvalue weighted by atomic mass is 19.4. The second-order valence-electron chi connectivity index (χ2n) is 8.95. The van der Waals surface area contributed by atoms with Gasteiger partial charge in [0.2, 0.25) is 5.95 Å². The Balaban J connectivity index is 1.41. The zero-order chi connectivity index (χ0) is 29.3. The fourth-order valence-electron chi connectivity index (χ4n) is 4.09. The molecule has 4 aromatic heterocycles. The number of halogens is 3. The van der Waals surface area contributed by atoms with Crippen molar-refractivity contribution in [3.8, 4) is 17.6 Å². The average molecular weight is 570 g/mol. The average Bonchev–Trinajstić information content (AvgIpc) is 3.54. The van der Waals surface area contributed by atoms with E-state index in [-0.39, 0.29) is 51.8 Å². The molecule has 1 saturated heterocycles. The maximum atomic E-state index is 13.3. The summed E-state index contributed by atoms with van der Waals surface area (Å²) >= 11 is 0. The number of carbonyl (C=O) groups is 1. The van der Waals surface area contributed by atoms with Gasteiger partial charge in [0.15, 0.2) is 11.4 Å². The first kappa shape index (κ1) is 27.4. The van der Waals surface area contributed by atoms with Crippen molar-refractivity contribution in [3.05, 3.63) is 58.3 Å². The number of hydrogen-bond acceptors (Lipinski definition) is 10. The summed E-state index contributed by atoms with van der Waals surface area (Å²) in [6.45, 7) is 0.829. The summed E-state index contributed by atoms with van der Waals surface area (Å²) in [7, 11) is 2.70. The van der Waals surface area contributed by atoms with Crippen LogP contribution in [0.4, 0.5) is 35.4 Å². The van der Waals surface area contributed by atoms with E-state index in [1.165, 1.54) is 43.2 Å². The lowest BCUT2D eigenvalue weighted by molar-refractivity contribution is -0.138. The molecule has 41 heavy (non-hydrogen) atoms. The molecule has 5 heterocycles. The molecule has 1 aliphatic heterocycles. The van der Waals surface area contributed by atoms with Gasteiger partial charge in [0.05, 0.1) is 25.0 Å². The fourth-order valence-corrected chi connectivity index (χ4v) is 4.09. The normalized spacial score (nSPS) is 15.0. The van der Waals surface area contributed by atoms with Crippen molar-refractivity contribution in [2.75, 3.05) is 23.8 Å². The summed E-state index contributed by atoms with van der Waals surface area (Å²) in [5.74, 6) is 0.352. The molecular weight excluding hydrogens is 549 g/mol. The van der Waals surface area contributed by atoms with E-state index in [0.29, 0.717) is 31.9 Å². The highest BCUT2D eigenvalue weighted by molar-refractivity contribution is 5.85. The third kappa shape index (κ3) is 5.75. The maximum Gasteiger partial charge on any atom is 0.417 e. The lowest BCUT2D eigenvalue weighted by Crippen LogP contribution is -2.23. The lowest BCUT2D eigenvalue weighted by atomic mass is 10.2. The number of nitrogens with one attached hydrogen (secondary N) is 2. The van der Waals surface area contributed by atoms with Gasteiger partial charge in [0.1, 0.15) is 40.5 Å². The van der Waals surface area contributed by atoms with Crippen LogP contribution in [0, 0.1) is 11.3 Å². The first-order valence-corrected chi connectivity index (χ1v) is 12.0. The SMILES string of the molecule is Cn1cc(C(F)(F)F)cc(Nc2nc3ncc(Oc4ccnc(NC(=O)OC5CCOC5)c4)c(C#N)c3n2C)c1=O. The quantitative estimate of drug-likeness (QED) is 0.349. The lowest BCUT2D eigenvalue weighted by Gasteiger charge is -2.13. The number of aromatic nitrogens is 5. The van der Waals surface area contributed by atoms with E-state index in [4.69, 9.17) is 14.2 Å². The summed E-state index contributed by atoms with van der Waals surface area (Å²) in [5, 5.41) is 15.1. The third-order valence-electron chi connectivity index (χ3n) is 6.08. The third-order valence-corrected chi connectivity index (χ3v) is 6.08. The molecule has 0 bridgehead atoms.